The van der Waals surface area contributed by atoms with Crippen LogP contribution >= 0.6 is 28.3 Å². The van der Waals surface area contributed by atoms with Crippen LogP contribution in [0.1, 0.15) is 0 Å². The van der Waals surface area contributed by atoms with Crippen LogP contribution in [0.3, 0.4) is 0 Å². The van der Waals surface area contributed by atoms with Crippen molar-refractivity contribution in [3.05, 3.63) is 28.2 Å². The van der Waals surface area contributed by atoms with Crippen LogP contribution in [-0.2, 0) is 4.74 Å². The van der Waals surface area contributed by atoms with Gasteiger partial charge in [-0.25, -0.2) is 8.78 Å². The van der Waals surface area contributed by atoms with E-state index >= 15 is 0 Å². The molecule has 0 spiro atoms. The van der Waals surface area contributed by atoms with E-state index in [4.69, 9.17) is 9.47 Å². The van der Waals surface area contributed by atoms with Crippen LogP contribution < -0.4 is 4.74 Å². The van der Waals surface area contributed by atoms with Gasteiger partial charge in [0.25, 0.3) is 0 Å². The molecule has 4 nitrogen and oxygen atoms in total. The van der Waals surface area contributed by atoms with Crippen molar-refractivity contribution in [3.8, 4) is 5.75 Å². The van der Waals surface area contributed by atoms with Gasteiger partial charge in [0.2, 0.25) is 0 Å². The number of morpholine rings is 1. The van der Waals surface area contributed by atoms with Gasteiger partial charge < -0.3 is 14.6 Å². The topological polar surface area (TPSA) is 41.9 Å². The lowest BCUT2D eigenvalue weighted by molar-refractivity contribution is 0.00397. The first-order valence-electron chi connectivity index (χ1n) is 6.32. The summed E-state index contributed by atoms with van der Waals surface area (Å²) in [7, 11) is 0. The van der Waals surface area contributed by atoms with Crippen molar-refractivity contribution in [3.63, 3.8) is 0 Å². The fourth-order valence-corrected chi connectivity index (χ4v) is 2.38. The zero-order chi connectivity index (χ0) is 14.5. The van der Waals surface area contributed by atoms with Crippen LogP contribution in [0.4, 0.5) is 8.78 Å². The van der Waals surface area contributed by atoms with Crippen molar-refractivity contribution in [1.82, 2.24) is 4.90 Å². The fraction of sp³-hybridized carbons (Fsp3) is 0.538. The zero-order valence-corrected chi connectivity index (χ0v) is 13.6. The number of ether oxygens (including phenoxy) is 2. The Balaban J connectivity index is 0.00000220. The third-order valence-electron chi connectivity index (χ3n) is 2.96. The van der Waals surface area contributed by atoms with Crippen LogP contribution in [0.2, 0.25) is 0 Å². The van der Waals surface area contributed by atoms with Crippen molar-refractivity contribution in [2.45, 2.75) is 6.10 Å². The lowest BCUT2D eigenvalue weighted by Gasteiger charge is -2.28. The van der Waals surface area contributed by atoms with Gasteiger partial charge in [-0.2, -0.15) is 0 Å². The average Bonchev–Trinajstić information content (AvgIpc) is 2.38. The van der Waals surface area contributed by atoms with Gasteiger partial charge >= 0.3 is 0 Å². The standard InChI is InChI=1S/C13H16BrF2NO3.ClH/c14-9-5-11(15)13(12(16)6-9)20-8-10(18)7-17-1-3-19-4-2-17;/h5-6,10,18H,1-4,7-8H2;1H. The number of aliphatic hydroxyl groups excluding tert-OH is 1. The maximum absolute atomic E-state index is 13.5. The number of aliphatic hydroxyl groups is 1. The molecule has 1 aliphatic heterocycles. The Morgan fingerprint density at radius 1 is 1.29 bits per heavy atom. The molecule has 0 bridgehead atoms. The Hall–Kier alpha value is -0.470. The number of hydrogen-bond acceptors (Lipinski definition) is 4. The molecule has 1 N–H and O–H groups in total. The summed E-state index contributed by atoms with van der Waals surface area (Å²) in [6.07, 6.45) is -0.810. The molecular weight excluding hydrogens is 372 g/mol. The number of halogens is 4. The Bertz CT molecular complexity index is 438. The molecule has 1 unspecified atom stereocenters. The highest BCUT2D eigenvalue weighted by Gasteiger charge is 2.17. The molecule has 1 saturated heterocycles. The van der Waals surface area contributed by atoms with E-state index in [-0.39, 0.29) is 19.0 Å². The second-order valence-corrected chi connectivity index (χ2v) is 5.49. The summed E-state index contributed by atoms with van der Waals surface area (Å²) in [6, 6.07) is 2.24. The first kappa shape index (κ1) is 18.6. The van der Waals surface area contributed by atoms with Gasteiger partial charge in [0.05, 0.1) is 13.2 Å². The van der Waals surface area contributed by atoms with E-state index in [1.165, 1.54) is 0 Å². The smallest absolute Gasteiger partial charge is 0.190 e. The van der Waals surface area contributed by atoms with Crippen LogP contribution in [-0.4, -0.2) is 55.6 Å². The van der Waals surface area contributed by atoms with Crippen LogP contribution in [0.25, 0.3) is 0 Å². The molecule has 0 aromatic heterocycles. The molecule has 1 aromatic carbocycles. The molecule has 1 heterocycles. The van der Waals surface area contributed by atoms with Crippen molar-refractivity contribution in [2.24, 2.45) is 0 Å². The predicted octanol–water partition coefficient (Wildman–Crippen LogP) is 2.22. The largest absolute Gasteiger partial charge is 0.485 e. The molecule has 21 heavy (non-hydrogen) atoms. The number of nitrogens with zero attached hydrogens (tertiary/aromatic N) is 1. The number of rotatable bonds is 5. The number of β-amino-alcohol motifs (C(OH)–C–C–N with tert-alkyl or cyclic N) is 1. The summed E-state index contributed by atoms with van der Waals surface area (Å²) in [6.45, 7) is 2.96. The minimum atomic E-state index is -0.810. The van der Waals surface area contributed by atoms with E-state index in [1.807, 2.05) is 4.90 Å². The van der Waals surface area contributed by atoms with Gasteiger partial charge in [-0.05, 0) is 12.1 Å². The molecule has 0 amide bonds. The SMILES string of the molecule is Cl.OC(COc1c(F)cc(Br)cc1F)CN1CCOCC1. The first-order valence-corrected chi connectivity index (χ1v) is 7.11. The quantitative estimate of drug-likeness (QED) is 0.840. The maximum Gasteiger partial charge on any atom is 0.190 e. The van der Waals surface area contributed by atoms with Crippen molar-refractivity contribution in [2.75, 3.05) is 39.5 Å². The van der Waals surface area contributed by atoms with E-state index < -0.39 is 23.5 Å². The van der Waals surface area contributed by atoms with Crippen LogP contribution in [0, 0.1) is 11.6 Å². The Labute approximate surface area is 136 Å². The normalized spacial score (nSPS) is 17.1. The second-order valence-electron chi connectivity index (χ2n) is 4.58. The summed E-state index contributed by atoms with van der Waals surface area (Å²) >= 11 is 2.99. The fourth-order valence-electron chi connectivity index (χ4n) is 1.98. The summed E-state index contributed by atoms with van der Waals surface area (Å²) in [5, 5.41) is 9.84. The van der Waals surface area contributed by atoms with Crippen LogP contribution in [0.15, 0.2) is 16.6 Å². The highest BCUT2D eigenvalue weighted by Crippen LogP contribution is 2.25. The molecule has 0 aliphatic carbocycles. The molecule has 1 fully saturated rings. The molecule has 0 radical (unpaired) electrons. The van der Waals surface area contributed by atoms with E-state index in [0.29, 0.717) is 24.2 Å². The molecule has 120 valence electrons. The summed E-state index contributed by atoms with van der Waals surface area (Å²) in [5.74, 6) is -2.06. The number of hydrogen-bond donors (Lipinski definition) is 1. The lowest BCUT2D eigenvalue weighted by Crippen LogP contribution is -2.42. The number of benzene rings is 1. The highest BCUT2D eigenvalue weighted by molar-refractivity contribution is 9.10. The minimum Gasteiger partial charge on any atom is -0.485 e. The third-order valence-corrected chi connectivity index (χ3v) is 3.41. The molecule has 1 atom stereocenters. The van der Waals surface area contributed by atoms with Gasteiger partial charge in [-0.1, -0.05) is 15.9 Å². The van der Waals surface area contributed by atoms with Gasteiger partial charge in [0.15, 0.2) is 17.4 Å². The Kier molecular flexibility index (Phi) is 7.83. The molecular formula is C13H17BrClF2NO3. The third kappa shape index (κ3) is 5.67. The summed E-state index contributed by atoms with van der Waals surface area (Å²) in [4.78, 5) is 2.02. The van der Waals surface area contributed by atoms with E-state index in [9.17, 15) is 13.9 Å². The molecule has 1 aromatic rings. The maximum atomic E-state index is 13.5. The van der Waals surface area contributed by atoms with Gasteiger partial charge in [-0.3, -0.25) is 4.90 Å². The Morgan fingerprint density at radius 2 is 1.86 bits per heavy atom. The monoisotopic (exact) mass is 387 g/mol. The first-order chi connectivity index (χ1) is 9.56. The molecule has 8 heteroatoms. The zero-order valence-electron chi connectivity index (χ0n) is 11.2. The van der Waals surface area contributed by atoms with E-state index in [2.05, 4.69) is 15.9 Å². The van der Waals surface area contributed by atoms with E-state index in [1.54, 1.807) is 0 Å². The van der Waals surface area contributed by atoms with Crippen molar-refractivity contribution in [1.29, 1.82) is 0 Å². The van der Waals surface area contributed by atoms with Gasteiger partial charge in [-0.15, -0.1) is 12.4 Å². The lowest BCUT2D eigenvalue weighted by atomic mass is 10.3. The van der Waals surface area contributed by atoms with Crippen molar-refractivity contribution < 1.29 is 23.4 Å². The van der Waals surface area contributed by atoms with Crippen LogP contribution in [0.5, 0.6) is 5.75 Å². The van der Waals surface area contributed by atoms with Gasteiger partial charge in [0, 0.05) is 24.1 Å². The summed E-state index contributed by atoms with van der Waals surface area (Å²) in [5.41, 5.74) is 0. The van der Waals surface area contributed by atoms with Crippen molar-refractivity contribution >= 4 is 28.3 Å². The molecule has 1 aliphatic rings. The predicted molar refractivity (Wildman–Crippen MR) is 80.1 cm³/mol. The second kappa shape index (κ2) is 8.85. The van der Waals surface area contributed by atoms with Gasteiger partial charge in [0.1, 0.15) is 12.7 Å². The molecule has 0 saturated carbocycles. The summed E-state index contributed by atoms with van der Waals surface area (Å²) < 4.78 is 37.6. The minimum absolute atomic E-state index is 0. The Morgan fingerprint density at radius 3 is 2.43 bits per heavy atom. The van der Waals surface area contributed by atoms with E-state index in [0.717, 1.165) is 25.2 Å². The highest BCUT2D eigenvalue weighted by atomic mass is 79.9. The average molecular weight is 389 g/mol. The molecule has 2 rings (SSSR count).